The second-order valence-electron chi connectivity index (χ2n) is 5.85. The number of furan rings is 1. The minimum atomic E-state index is -0.540. The van der Waals surface area contributed by atoms with Crippen LogP contribution in [0.2, 0.25) is 0 Å². The van der Waals surface area contributed by atoms with Crippen molar-refractivity contribution >= 4 is 33.9 Å². The van der Waals surface area contributed by atoms with Crippen LogP contribution in [0, 0.1) is 17.0 Å². The van der Waals surface area contributed by atoms with E-state index in [0.29, 0.717) is 16.5 Å². The third-order valence-corrected chi connectivity index (χ3v) is 4.77. The van der Waals surface area contributed by atoms with E-state index in [0.717, 1.165) is 4.88 Å². The van der Waals surface area contributed by atoms with Gasteiger partial charge in [-0.05, 0) is 37.3 Å². The van der Waals surface area contributed by atoms with Gasteiger partial charge in [-0.2, -0.15) is 0 Å². The molecule has 0 unspecified atom stereocenters. The topological polar surface area (TPSA) is 121 Å². The summed E-state index contributed by atoms with van der Waals surface area (Å²) in [5.41, 5.74) is 0.237. The number of aryl methyl sites for hydroxylation is 1. The van der Waals surface area contributed by atoms with Crippen LogP contribution in [0.3, 0.4) is 0 Å². The van der Waals surface area contributed by atoms with Gasteiger partial charge in [0, 0.05) is 17.0 Å². The fraction of sp³-hybridized carbons (Fsp3) is 0.158. The van der Waals surface area contributed by atoms with Crippen LogP contribution in [0.5, 0.6) is 5.75 Å². The number of nitro groups is 1. The van der Waals surface area contributed by atoms with Gasteiger partial charge in [0.25, 0.3) is 11.6 Å². The average Bonchev–Trinajstić information content (AvgIpc) is 3.32. The number of benzene rings is 1. The number of thiophene rings is 1. The lowest BCUT2D eigenvalue weighted by Gasteiger charge is -2.04. The summed E-state index contributed by atoms with van der Waals surface area (Å²) in [6.07, 6.45) is 0. The predicted octanol–water partition coefficient (Wildman–Crippen LogP) is 4.18. The molecule has 0 fully saturated rings. The molecule has 0 aliphatic rings. The minimum absolute atomic E-state index is 0.0376. The molecule has 29 heavy (non-hydrogen) atoms. The zero-order valence-corrected chi connectivity index (χ0v) is 16.3. The molecule has 1 N–H and O–H groups in total. The summed E-state index contributed by atoms with van der Waals surface area (Å²) >= 11 is 1.25. The number of esters is 1. The Labute approximate surface area is 169 Å². The Balaban J connectivity index is 1.63. The molecule has 0 saturated carbocycles. The van der Waals surface area contributed by atoms with E-state index in [1.54, 1.807) is 12.1 Å². The summed E-state index contributed by atoms with van der Waals surface area (Å²) in [6, 6.07) is 10.3. The highest BCUT2D eigenvalue weighted by molar-refractivity contribution is 7.16. The van der Waals surface area contributed by atoms with Gasteiger partial charge < -0.3 is 19.2 Å². The van der Waals surface area contributed by atoms with E-state index in [4.69, 9.17) is 13.9 Å². The molecular formula is C19H16N2O7S. The first-order valence-electron chi connectivity index (χ1n) is 8.33. The van der Waals surface area contributed by atoms with Gasteiger partial charge in [0.2, 0.25) is 0 Å². The third-order valence-electron chi connectivity index (χ3n) is 3.80. The molecule has 9 nitrogen and oxygen atoms in total. The van der Waals surface area contributed by atoms with Crippen molar-refractivity contribution < 1.29 is 28.4 Å². The zero-order valence-electron chi connectivity index (χ0n) is 15.5. The number of nitro benzene ring substituents is 1. The summed E-state index contributed by atoms with van der Waals surface area (Å²) in [4.78, 5) is 35.2. The molecule has 10 heteroatoms. The molecule has 2 aromatic heterocycles. The summed E-state index contributed by atoms with van der Waals surface area (Å²) in [5, 5.41) is 13.7. The Morgan fingerprint density at radius 3 is 2.59 bits per heavy atom. The van der Waals surface area contributed by atoms with Gasteiger partial charge in [-0.1, -0.05) is 0 Å². The number of non-ortho nitro benzene ring substituents is 1. The second kappa shape index (κ2) is 8.57. The van der Waals surface area contributed by atoms with Crippen LogP contribution in [-0.4, -0.2) is 23.9 Å². The van der Waals surface area contributed by atoms with Crippen LogP contribution in [0.1, 0.15) is 31.6 Å². The molecule has 3 rings (SSSR count). The summed E-state index contributed by atoms with van der Waals surface area (Å²) in [5.74, 6) is -0.187. The first kappa shape index (κ1) is 20.1. The first-order chi connectivity index (χ1) is 13.9. The fourth-order valence-electron chi connectivity index (χ4n) is 2.43. The Morgan fingerprint density at radius 1 is 1.21 bits per heavy atom. The highest BCUT2D eigenvalue weighted by atomic mass is 32.1. The Hall–Kier alpha value is -3.66. The molecule has 2 heterocycles. The van der Waals surface area contributed by atoms with Crippen molar-refractivity contribution in [3.63, 3.8) is 0 Å². The maximum Gasteiger partial charge on any atom is 0.340 e. The van der Waals surface area contributed by atoms with E-state index in [2.05, 4.69) is 5.32 Å². The number of nitrogens with one attached hydrogen (secondary N) is 1. The van der Waals surface area contributed by atoms with Crippen LogP contribution in [0.25, 0.3) is 0 Å². The smallest absolute Gasteiger partial charge is 0.340 e. The van der Waals surface area contributed by atoms with Gasteiger partial charge in [-0.15, -0.1) is 11.3 Å². The molecule has 0 radical (unpaired) electrons. The molecule has 0 spiro atoms. The highest BCUT2D eigenvalue weighted by Gasteiger charge is 2.19. The Kier molecular flexibility index (Phi) is 5.93. The third kappa shape index (κ3) is 4.79. The van der Waals surface area contributed by atoms with E-state index in [1.807, 2.05) is 6.92 Å². The zero-order chi connectivity index (χ0) is 21.0. The standard InChI is InChI=1S/C19H16N2O7S/c1-11-9-15(19(23)26-2)18(29-11)20-17(22)16-8-7-14(28-16)10-27-13-5-3-12(4-6-13)21(24)25/h3-9H,10H2,1-2H3,(H,20,22). The van der Waals surface area contributed by atoms with Crippen molar-refractivity contribution in [2.45, 2.75) is 13.5 Å². The van der Waals surface area contributed by atoms with E-state index >= 15 is 0 Å². The van der Waals surface area contributed by atoms with Crippen molar-refractivity contribution in [1.82, 2.24) is 0 Å². The molecule has 1 aromatic carbocycles. The van der Waals surface area contributed by atoms with Gasteiger partial charge >= 0.3 is 5.97 Å². The fourth-order valence-corrected chi connectivity index (χ4v) is 3.32. The monoisotopic (exact) mass is 416 g/mol. The van der Waals surface area contributed by atoms with Crippen molar-refractivity contribution in [3.05, 3.63) is 74.5 Å². The molecule has 1 amide bonds. The van der Waals surface area contributed by atoms with E-state index in [9.17, 15) is 19.7 Å². The van der Waals surface area contributed by atoms with Crippen molar-refractivity contribution in [2.75, 3.05) is 12.4 Å². The normalized spacial score (nSPS) is 10.4. The average molecular weight is 416 g/mol. The van der Waals surface area contributed by atoms with Crippen molar-refractivity contribution in [3.8, 4) is 5.75 Å². The summed E-state index contributed by atoms with van der Waals surface area (Å²) in [7, 11) is 1.27. The molecule has 0 atom stereocenters. The summed E-state index contributed by atoms with van der Waals surface area (Å²) < 4.78 is 15.7. The van der Waals surface area contributed by atoms with Crippen LogP contribution in [-0.2, 0) is 11.3 Å². The lowest BCUT2D eigenvalue weighted by molar-refractivity contribution is -0.384. The maximum absolute atomic E-state index is 12.4. The molecule has 0 aliphatic heterocycles. The van der Waals surface area contributed by atoms with Gasteiger partial charge in [0.05, 0.1) is 17.6 Å². The van der Waals surface area contributed by atoms with Gasteiger partial charge in [-0.25, -0.2) is 4.79 Å². The second-order valence-corrected chi connectivity index (χ2v) is 7.11. The van der Waals surface area contributed by atoms with Crippen LogP contribution in [0.15, 0.2) is 46.9 Å². The molecule has 0 saturated heterocycles. The van der Waals surface area contributed by atoms with Crippen LogP contribution < -0.4 is 10.1 Å². The van der Waals surface area contributed by atoms with Gasteiger partial charge in [0.1, 0.15) is 23.1 Å². The number of nitrogens with zero attached hydrogens (tertiary/aromatic N) is 1. The highest BCUT2D eigenvalue weighted by Crippen LogP contribution is 2.29. The van der Waals surface area contributed by atoms with Crippen LogP contribution >= 0.6 is 11.3 Å². The molecular weight excluding hydrogens is 400 g/mol. The number of carbonyl (C=O) groups excluding carboxylic acids is 2. The van der Waals surface area contributed by atoms with E-state index < -0.39 is 16.8 Å². The van der Waals surface area contributed by atoms with Crippen molar-refractivity contribution in [1.29, 1.82) is 0 Å². The molecule has 3 aromatic rings. The number of amides is 1. The molecule has 0 aliphatic carbocycles. The Bertz CT molecular complexity index is 1050. The SMILES string of the molecule is COC(=O)c1cc(C)sc1NC(=O)c1ccc(COc2ccc([N+](=O)[O-])cc2)o1. The van der Waals surface area contributed by atoms with E-state index in [1.165, 1.54) is 48.8 Å². The predicted molar refractivity (Wildman–Crippen MR) is 104 cm³/mol. The number of ether oxygens (including phenoxy) is 2. The van der Waals surface area contributed by atoms with Crippen molar-refractivity contribution in [2.24, 2.45) is 0 Å². The number of anilines is 1. The lowest BCUT2D eigenvalue weighted by atomic mass is 10.3. The first-order valence-corrected chi connectivity index (χ1v) is 9.15. The number of hydrogen-bond acceptors (Lipinski definition) is 8. The van der Waals surface area contributed by atoms with Gasteiger partial charge in [0.15, 0.2) is 5.76 Å². The van der Waals surface area contributed by atoms with Gasteiger partial charge in [-0.3, -0.25) is 14.9 Å². The van der Waals surface area contributed by atoms with Crippen LogP contribution in [0.4, 0.5) is 10.7 Å². The lowest BCUT2D eigenvalue weighted by Crippen LogP contribution is -2.13. The molecule has 0 bridgehead atoms. The minimum Gasteiger partial charge on any atom is -0.486 e. The maximum atomic E-state index is 12.4. The number of rotatable bonds is 7. The van der Waals surface area contributed by atoms with E-state index in [-0.39, 0.29) is 23.6 Å². The Morgan fingerprint density at radius 2 is 1.93 bits per heavy atom. The number of hydrogen-bond donors (Lipinski definition) is 1. The quantitative estimate of drug-likeness (QED) is 0.348. The molecule has 150 valence electrons. The number of methoxy groups -OCH3 is 1. The number of carbonyl (C=O) groups is 2. The largest absolute Gasteiger partial charge is 0.486 e. The summed E-state index contributed by atoms with van der Waals surface area (Å²) in [6.45, 7) is 1.85.